The molecular weight excluding hydrogens is 1080 g/mol. The summed E-state index contributed by atoms with van der Waals surface area (Å²) in [6.45, 7) is 7.53. The van der Waals surface area contributed by atoms with E-state index in [1.54, 1.807) is 103 Å². The standard InChI is InChI=1S/2C26H22ClN3O6S.Ca/c2*1-3-36-18-9-6-8-17(13-18)28-26(32)20-12-16-7-4-5-10-19(16)24(25(20)31)30-29-22-11-15(2)23(14-21(22)27)37(33,34)35;/h2*4-14,31H,3H2,1-2H3,(H,28,32)(H,33,34,35);/q;;+2/p-2. The van der Waals surface area contributed by atoms with Gasteiger partial charge in [0.25, 0.3) is 26.1 Å². The molecule has 1 amide bonds. The van der Waals surface area contributed by atoms with Crippen LogP contribution in [-0.4, -0.2) is 93.8 Å². The number of benzene rings is 8. The molecule has 0 aliphatic rings. The molecule has 75 heavy (non-hydrogen) atoms. The third-order valence-corrected chi connectivity index (χ3v) is 13.4. The average Bonchev–Trinajstić information content (AvgIpc) is 3.34. The molecule has 0 unspecified atom stereocenters. The molecule has 0 heterocycles. The minimum atomic E-state index is -4.49. The number of hydrogen-bond donors (Lipinski definition) is 4. The first-order chi connectivity index (χ1) is 35.2. The van der Waals surface area contributed by atoms with Crippen molar-refractivity contribution in [3.8, 4) is 23.0 Å². The molecule has 0 spiro atoms. The molecule has 4 N–H and O–H groups in total. The number of aryl methyl sites for hydroxylation is 2. The largest absolute Gasteiger partial charge is 2.00 e. The van der Waals surface area contributed by atoms with Crippen molar-refractivity contribution < 1.29 is 55.5 Å². The van der Waals surface area contributed by atoms with E-state index in [2.05, 4.69) is 30.8 Å². The molecule has 380 valence electrons. The first kappa shape index (κ1) is 57.6. The monoisotopic (exact) mass is 1120 g/mol. The van der Waals surface area contributed by atoms with Gasteiger partial charge in [0.05, 0.1) is 50.0 Å². The zero-order chi connectivity index (χ0) is 53.5. The van der Waals surface area contributed by atoms with E-state index in [9.17, 15) is 46.1 Å². The molecule has 0 aliphatic heterocycles. The Balaban J connectivity index is 0.000000241. The van der Waals surface area contributed by atoms with Crippen molar-refractivity contribution in [1.29, 1.82) is 0 Å². The molecule has 8 aromatic carbocycles. The Bertz CT molecular complexity index is 3830. The van der Waals surface area contributed by atoms with Crippen LogP contribution in [0.2, 0.25) is 10.0 Å². The van der Waals surface area contributed by atoms with Gasteiger partial charge in [-0.15, -0.1) is 15.3 Å². The number of carbonyl (C=O) groups is 1. The number of nitrogens with one attached hydrogen (secondary N) is 1. The smallest absolute Gasteiger partial charge is 0.871 e. The van der Waals surface area contributed by atoms with Gasteiger partial charge < -0.3 is 30.1 Å². The Hall–Kier alpha value is -6.72. The van der Waals surface area contributed by atoms with Crippen molar-refractivity contribution in [1.82, 2.24) is 0 Å². The van der Waals surface area contributed by atoms with Crippen molar-refractivity contribution in [2.75, 3.05) is 18.5 Å². The molecule has 8 rings (SSSR count). The average molecular weight is 1120 g/mol. The maximum Gasteiger partial charge on any atom is 2.00 e. The van der Waals surface area contributed by atoms with Crippen LogP contribution in [0.3, 0.4) is 0 Å². The molecule has 0 radical (unpaired) electrons. The number of fused-ring (bicyclic) bond motifs is 2. The Morgan fingerprint density at radius 1 is 0.627 bits per heavy atom. The first-order valence-corrected chi connectivity index (χ1v) is 25.7. The quantitative estimate of drug-likeness (QED) is 0.0260. The van der Waals surface area contributed by atoms with Crippen molar-refractivity contribution in [2.24, 2.45) is 25.4 Å². The molecule has 8 aromatic rings. The molecule has 0 saturated heterocycles. The number of phenolic OH excluding ortho intramolecular Hbond substituents is 1. The number of phenols is 1. The summed E-state index contributed by atoms with van der Waals surface area (Å²) in [7, 11) is -8.96. The van der Waals surface area contributed by atoms with Gasteiger partial charge in [0.15, 0.2) is 5.75 Å². The van der Waals surface area contributed by atoms with Crippen LogP contribution < -0.4 is 25.0 Å². The maximum atomic E-state index is 13.3. The number of aromatic hydroxyl groups is 1. The van der Waals surface area contributed by atoms with Crippen molar-refractivity contribution >= 4 is 149 Å². The van der Waals surface area contributed by atoms with Gasteiger partial charge in [-0.1, -0.05) is 89.6 Å². The van der Waals surface area contributed by atoms with Crippen LogP contribution in [0.15, 0.2) is 169 Å². The minimum Gasteiger partial charge on any atom is -0.871 e. The molecule has 0 atom stereocenters. The number of azo groups is 2. The number of carbonyl (C=O) groups excluding carboxylic acids is 1. The summed E-state index contributed by atoms with van der Waals surface area (Å²) < 4.78 is 75.7. The molecule has 0 aromatic heterocycles. The normalized spacial score (nSPS) is 11.9. The summed E-state index contributed by atoms with van der Waals surface area (Å²) in [5.74, 6) is -1.28. The van der Waals surface area contributed by atoms with E-state index in [4.69, 9.17) is 32.7 Å². The summed E-state index contributed by atoms with van der Waals surface area (Å²) in [4.78, 5) is 16.5. The number of ether oxygens (including phenoxy) is 2. The SMILES string of the molecule is CCOc1cccc(N=C([O-])c2cc3ccccc3c(N=Nc3cc(C)c(S(=O)(=O)O)cc3Cl)c2[O-])c1.CCOc1cccc(NC(=O)c2cc3ccccc3c(N=Nc3cc(C)c(S(=O)(=O)O)cc3Cl)c2O)c1.[Ca+2]. The third-order valence-electron chi connectivity index (χ3n) is 10.8. The van der Waals surface area contributed by atoms with Gasteiger partial charge in [-0.25, -0.2) is 0 Å². The van der Waals surface area contributed by atoms with Crippen LogP contribution in [0.5, 0.6) is 23.0 Å². The van der Waals surface area contributed by atoms with Crippen LogP contribution in [0.1, 0.15) is 40.9 Å². The third kappa shape index (κ3) is 14.0. The van der Waals surface area contributed by atoms with Gasteiger partial charge in [-0.05, 0) is 122 Å². The van der Waals surface area contributed by atoms with E-state index in [1.165, 1.54) is 32.0 Å². The Morgan fingerprint density at radius 2 is 1.11 bits per heavy atom. The summed E-state index contributed by atoms with van der Waals surface area (Å²) in [5.41, 5.74) is 1.08. The number of nitrogens with zero attached hydrogens (tertiary/aromatic N) is 5. The topological polar surface area (TPSA) is 284 Å². The van der Waals surface area contributed by atoms with Gasteiger partial charge in [-0.2, -0.15) is 21.9 Å². The molecule has 0 bridgehead atoms. The zero-order valence-electron chi connectivity index (χ0n) is 40.1. The maximum absolute atomic E-state index is 13.3. The van der Waals surface area contributed by atoms with Crippen molar-refractivity contribution in [3.63, 3.8) is 0 Å². The molecule has 0 aliphatic carbocycles. The molecular formula is C52H42CaCl2N6O12S2. The molecule has 0 fully saturated rings. The van der Waals surface area contributed by atoms with E-state index in [0.29, 0.717) is 57.6 Å². The van der Waals surface area contributed by atoms with Gasteiger partial charge in [0.2, 0.25) is 0 Å². The second-order valence-corrected chi connectivity index (χ2v) is 19.5. The number of halogens is 2. The van der Waals surface area contributed by atoms with E-state index in [0.717, 1.165) is 12.1 Å². The van der Waals surface area contributed by atoms with Gasteiger partial charge in [-0.3, -0.25) is 18.9 Å². The summed E-state index contributed by atoms with van der Waals surface area (Å²) in [6.07, 6.45) is 0. The number of anilines is 1. The minimum absolute atomic E-state index is 0. The zero-order valence-corrected chi connectivity index (χ0v) is 45.5. The number of aliphatic imine (C=N–C) groups is 1. The van der Waals surface area contributed by atoms with E-state index in [1.807, 2.05) is 13.8 Å². The van der Waals surface area contributed by atoms with Crippen molar-refractivity contribution in [2.45, 2.75) is 37.5 Å². The van der Waals surface area contributed by atoms with Crippen LogP contribution in [0, 0.1) is 13.8 Å². The summed E-state index contributed by atoms with van der Waals surface area (Å²) in [5, 5.41) is 58.6. The Morgan fingerprint density at radius 3 is 1.64 bits per heavy atom. The number of hydrogen-bond acceptors (Lipinski definition) is 15. The molecule has 0 saturated carbocycles. The molecule has 18 nitrogen and oxygen atoms in total. The van der Waals surface area contributed by atoms with Gasteiger partial charge in [0, 0.05) is 28.6 Å². The second-order valence-electron chi connectivity index (χ2n) is 15.9. The fourth-order valence-electron chi connectivity index (χ4n) is 7.39. The summed E-state index contributed by atoms with van der Waals surface area (Å²) in [6, 6.07) is 35.1. The molecule has 23 heteroatoms. The number of amides is 1. The van der Waals surface area contributed by atoms with Gasteiger partial charge in [0.1, 0.15) is 28.6 Å². The van der Waals surface area contributed by atoms with Crippen LogP contribution in [0.25, 0.3) is 21.5 Å². The first-order valence-electron chi connectivity index (χ1n) is 22.1. The Kier molecular flexibility index (Phi) is 19.0. The second kappa shape index (κ2) is 24.7. The predicted molar refractivity (Wildman–Crippen MR) is 284 cm³/mol. The van der Waals surface area contributed by atoms with Crippen molar-refractivity contribution in [3.05, 3.63) is 166 Å². The predicted octanol–water partition coefficient (Wildman–Crippen LogP) is 11.8. The van der Waals surface area contributed by atoms with Crippen LogP contribution in [0.4, 0.5) is 34.1 Å². The van der Waals surface area contributed by atoms with E-state index < -0.39 is 43.5 Å². The summed E-state index contributed by atoms with van der Waals surface area (Å²) >= 11 is 12.3. The fourth-order valence-corrected chi connectivity index (χ4v) is 9.39. The van der Waals surface area contributed by atoms with E-state index >= 15 is 0 Å². The Labute approximate surface area is 470 Å². The fraction of sp³-hybridized carbons (Fsp3) is 0.115. The van der Waals surface area contributed by atoms with Crippen LogP contribution in [-0.2, 0) is 20.2 Å². The van der Waals surface area contributed by atoms with Gasteiger partial charge >= 0.3 is 37.7 Å². The van der Waals surface area contributed by atoms with Crippen LogP contribution >= 0.6 is 23.2 Å². The number of rotatable bonds is 14. The van der Waals surface area contributed by atoms with E-state index in [-0.39, 0.29) is 103 Å².